The van der Waals surface area contributed by atoms with Crippen LogP contribution in [0.2, 0.25) is 5.02 Å². The minimum Gasteiger partial charge on any atom is -0.339 e. The largest absolute Gasteiger partial charge is 0.339 e. The van der Waals surface area contributed by atoms with Crippen LogP contribution in [0.3, 0.4) is 0 Å². The molecule has 0 spiro atoms. The smallest absolute Gasteiger partial charge is 0.227 e. The summed E-state index contributed by atoms with van der Waals surface area (Å²) in [6.45, 7) is 3.50. The second-order valence-electron chi connectivity index (χ2n) is 4.76. The van der Waals surface area contributed by atoms with Crippen LogP contribution in [0.5, 0.6) is 0 Å². The van der Waals surface area contributed by atoms with E-state index in [4.69, 9.17) is 11.6 Å². The molecule has 0 unspecified atom stereocenters. The molecule has 0 aliphatic carbocycles. The molecule has 0 N–H and O–H groups in total. The number of rotatable bonds is 2. The first-order valence-electron chi connectivity index (χ1n) is 6.45. The van der Waals surface area contributed by atoms with E-state index >= 15 is 0 Å². The lowest BCUT2D eigenvalue weighted by atomic mass is 10.1. The molecule has 1 aliphatic heterocycles. The molecule has 4 nitrogen and oxygen atoms in total. The Bertz CT molecular complexity index is 508. The van der Waals surface area contributed by atoms with Gasteiger partial charge in [0.25, 0.3) is 0 Å². The van der Waals surface area contributed by atoms with Gasteiger partial charge in [-0.15, -0.1) is 0 Å². The Morgan fingerprint density at radius 1 is 1.20 bits per heavy atom. The maximum Gasteiger partial charge on any atom is 0.227 e. The molecule has 1 aromatic rings. The molecule has 1 fully saturated rings. The molecule has 0 bridgehead atoms. The van der Waals surface area contributed by atoms with E-state index < -0.39 is 5.82 Å². The van der Waals surface area contributed by atoms with Crippen molar-refractivity contribution in [1.82, 2.24) is 9.80 Å². The average Bonchev–Trinajstić information content (AvgIpc) is 2.43. The Morgan fingerprint density at radius 3 is 2.35 bits per heavy atom. The highest BCUT2D eigenvalue weighted by molar-refractivity contribution is 6.31. The van der Waals surface area contributed by atoms with Crippen molar-refractivity contribution in [2.75, 3.05) is 26.2 Å². The highest BCUT2D eigenvalue weighted by atomic mass is 35.5. The summed E-state index contributed by atoms with van der Waals surface area (Å²) in [6, 6.07) is 4.38. The van der Waals surface area contributed by atoms with Gasteiger partial charge in [-0.25, -0.2) is 4.39 Å². The molecular weight excluding hydrogens is 283 g/mol. The van der Waals surface area contributed by atoms with Gasteiger partial charge in [0.1, 0.15) is 5.82 Å². The molecule has 1 heterocycles. The van der Waals surface area contributed by atoms with E-state index in [1.165, 1.54) is 19.1 Å². The fourth-order valence-corrected chi connectivity index (χ4v) is 2.46. The second-order valence-corrected chi connectivity index (χ2v) is 5.17. The van der Waals surface area contributed by atoms with Crippen molar-refractivity contribution in [3.8, 4) is 0 Å². The van der Waals surface area contributed by atoms with Gasteiger partial charge in [-0.1, -0.05) is 17.7 Å². The third kappa shape index (κ3) is 3.28. The molecule has 2 amide bonds. The molecule has 1 aliphatic rings. The topological polar surface area (TPSA) is 40.6 Å². The predicted molar refractivity (Wildman–Crippen MR) is 73.9 cm³/mol. The summed E-state index contributed by atoms with van der Waals surface area (Å²) in [6.07, 6.45) is -0.0500. The SMILES string of the molecule is CC(=O)N1CCN(C(=O)Cc2c(F)cccc2Cl)CC1. The molecule has 0 radical (unpaired) electrons. The zero-order valence-electron chi connectivity index (χ0n) is 11.2. The van der Waals surface area contributed by atoms with Crippen molar-refractivity contribution in [3.05, 3.63) is 34.6 Å². The van der Waals surface area contributed by atoms with Gasteiger partial charge in [-0.05, 0) is 12.1 Å². The van der Waals surface area contributed by atoms with Gasteiger partial charge < -0.3 is 9.80 Å². The Balaban J connectivity index is 1.98. The van der Waals surface area contributed by atoms with Crippen molar-refractivity contribution >= 4 is 23.4 Å². The minimum atomic E-state index is -0.465. The van der Waals surface area contributed by atoms with Gasteiger partial charge in [0.15, 0.2) is 0 Å². The lowest BCUT2D eigenvalue weighted by Crippen LogP contribution is -2.50. The van der Waals surface area contributed by atoms with Crippen molar-refractivity contribution in [2.45, 2.75) is 13.3 Å². The molecule has 0 atom stereocenters. The fourth-order valence-electron chi connectivity index (χ4n) is 2.23. The molecule has 0 saturated carbocycles. The van der Waals surface area contributed by atoms with Crippen LogP contribution in [0.15, 0.2) is 18.2 Å². The average molecular weight is 299 g/mol. The van der Waals surface area contributed by atoms with E-state index in [0.717, 1.165) is 0 Å². The first kappa shape index (κ1) is 14.8. The van der Waals surface area contributed by atoms with Crippen LogP contribution in [0.1, 0.15) is 12.5 Å². The van der Waals surface area contributed by atoms with E-state index in [-0.39, 0.29) is 28.8 Å². The molecule has 20 heavy (non-hydrogen) atoms. The summed E-state index contributed by atoms with van der Waals surface area (Å²) in [7, 11) is 0. The standard InChI is InChI=1S/C14H16ClFN2O2/c1-10(19)17-5-7-18(8-6-17)14(20)9-11-12(15)3-2-4-13(11)16/h2-4H,5-9H2,1H3. The number of amides is 2. The first-order chi connectivity index (χ1) is 9.49. The maximum atomic E-state index is 13.6. The van der Waals surface area contributed by atoms with Gasteiger partial charge in [-0.3, -0.25) is 9.59 Å². The van der Waals surface area contributed by atoms with Gasteiger partial charge in [0.2, 0.25) is 11.8 Å². The van der Waals surface area contributed by atoms with E-state index in [9.17, 15) is 14.0 Å². The lowest BCUT2D eigenvalue weighted by Gasteiger charge is -2.34. The number of hydrogen-bond donors (Lipinski definition) is 0. The Labute approximate surface area is 122 Å². The third-order valence-corrected chi connectivity index (χ3v) is 3.82. The summed E-state index contributed by atoms with van der Waals surface area (Å²) in [4.78, 5) is 26.7. The Kier molecular flexibility index (Phi) is 4.60. The van der Waals surface area contributed by atoms with Crippen LogP contribution in [-0.2, 0) is 16.0 Å². The van der Waals surface area contributed by atoms with Crippen LogP contribution >= 0.6 is 11.6 Å². The van der Waals surface area contributed by atoms with Crippen molar-refractivity contribution in [3.63, 3.8) is 0 Å². The molecular formula is C14H16ClFN2O2. The van der Waals surface area contributed by atoms with Crippen LogP contribution in [0.4, 0.5) is 4.39 Å². The van der Waals surface area contributed by atoms with Crippen LogP contribution in [-0.4, -0.2) is 47.8 Å². The third-order valence-electron chi connectivity index (χ3n) is 3.47. The quantitative estimate of drug-likeness (QED) is 0.834. The number of carbonyl (C=O) groups excluding carboxylic acids is 2. The van der Waals surface area contributed by atoms with Gasteiger partial charge in [0.05, 0.1) is 6.42 Å². The molecule has 108 valence electrons. The number of halogens is 2. The highest BCUT2D eigenvalue weighted by Gasteiger charge is 2.23. The van der Waals surface area contributed by atoms with Crippen molar-refractivity contribution in [2.24, 2.45) is 0 Å². The summed E-state index contributed by atoms with van der Waals surface area (Å²) < 4.78 is 13.6. The molecule has 1 saturated heterocycles. The van der Waals surface area contributed by atoms with E-state index in [1.54, 1.807) is 15.9 Å². The van der Waals surface area contributed by atoms with Crippen LogP contribution < -0.4 is 0 Å². The molecule has 1 aromatic carbocycles. The number of benzene rings is 1. The molecule has 0 aromatic heterocycles. The minimum absolute atomic E-state index is 0.00856. The number of piperazine rings is 1. The summed E-state index contributed by atoms with van der Waals surface area (Å²) in [5, 5.41) is 0.265. The van der Waals surface area contributed by atoms with Gasteiger partial charge >= 0.3 is 0 Å². The number of hydrogen-bond acceptors (Lipinski definition) is 2. The zero-order chi connectivity index (χ0) is 14.7. The predicted octanol–water partition coefficient (Wildman–Crippen LogP) is 1.71. The monoisotopic (exact) mass is 298 g/mol. The summed E-state index contributed by atoms with van der Waals surface area (Å²) in [5.41, 5.74) is 0.230. The van der Waals surface area contributed by atoms with Crippen LogP contribution in [0, 0.1) is 5.82 Å². The van der Waals surface area contributed by atoms with Crippen LogP contribution in [0.25, 0.3) is 0 Å². The fraction of sp³-hybridized carbons (Fsp3) is 0.429. The zero-order valence-corrected chi connectivity index (χ0v) is 12.0. The van der Waals surface area contributed by atoms with Gasteiger partial charge in [0, 0.05) is 43.7 Å². The van der Waals surface area contributed by atoms with E-state index in [1.807, 2.05) is 0 Å². The Hall–Kier alpha value is -1.62. The second kappa shape index (κ2) is 6.22. The van der Waals surface area contributed by atoms with E-state index in [2.05, 4.69) is 0 Å². The Morgan fingerprint density at radius 2 is 1.80 bits per heavy atom. The number of nitrogens with zero attached hydrogens (tertiary/aromatic N) is 2. The maximum absolute atomic E-state index is 13.6. The summed E-state index contributed by atoms with van der Waals surface area (Å²) in [5.74, 6) is -0.623. The number of carbonyl (C=O) groups is 2. The van der Waals surface area contributed by atoms with Crippen molar-refractivity contribution in [1.29, 1.82) is 0 Å². The normalized spacial score (nSPS) is 15.3. The summed E-state index contributed by atoms with van der Waals surface area (Å²) >= 11 is 5.91. The molecule has 6 heteroatoms. The lowest BCUT2D eigenvalue weighted by molar-refractivity contribution is -0.138. The highest BCUT2D eigenvalue weighted by Crippen LogP contribution is 2.20. The van der Waals surface area contributed by atoms with Gasteiger partial charge in [-0.2, -0.15) is 0 Å². The van der Waals surface area contributed by atoms with E-state index in [0.29, 0.717) is 26.2 Å². The first-order valence-corrected chi connectivity index (χ1v) is 6.83. The molecule has 2 rings (SSSR count). The van der Waals surface area contributed by atoms with Crippen molar-refractivity contribution < 1.29 is 14.0 Å².